The molecule has 2 aromatic rings. The number of allylic oxidation sites excluding steroid dienone is 2. The zero-order valence-electron chi connectivity index (χ0n) is 14.7. The first-order chi connectivity index (χ1) is 11.8. The van der Waals surface area contributed by atoms with Gasteiger partial charge in [-0.3, -0.25) is 0 Å². The molecule has 0 amide bonds. The minimum atomic E-state index is 0.316. The molecule has 126 valence electrons. The standard InChI is InChI=1S/C23H28O/c1-2-3-4-5-18-6-8-19(9-7-18)20-10-12-21(13-11-20)22-14-16-23(24)17-15-22/h8,10-18,24H,2-7,9H2,1H3. The van der Waals surface area contributed by atoms with Crippen LogP contribution in [-0.2, 0) is 0 Å². The van der Waals surface area contributed by atoms with Crippen LogP contribution in [0.1, 0.15) is 57.4 Å². The Kier molecular flexibility index (Phi) is 5.74. The van der Waals surface area contributed by atoms with Gasteiger partial charge in [0.1, 0.15) is 5.75 Å². The van der Waals surface area contributed by atoms with Crippen molar-refractivity contribution in [2.45, 2.75) is 51.9 Å². The van der Waals surface area contributed by atoms with Crippen LogP contribution in [0.15, 0.2) is 54.6 Å². The summed E-state index contributed by atoms with van der Waals surface area (Å²) in [5, 5.41) is 9.40. The van der Waals surface area contributed by atoms with E-state index in [1.807, 2.05) is 12.1 Å². The number of aromatic hydroxyl groups is 1. The average Bonchev–Trinajstić information content (AvgIpc) is 2.63. The van der Waals surface area contributed by atoms with Gasteiger partial charge in [-0.15, -0.1) is 0 Å². The molecule has 24 heavy (non-hydrogen) atoms. The molecule has 0 saturated carbocycles. The van der Waals surface area contributed by atoms with Crippen LogP contribution in [0.5, 0.6) is 5.75 Å². The van der Waals surface area contributed by atoms with Gasteiger partial charge in [0.15, 0.2) is 0 Å². The predicted octanol–water partition coefficient (Wildman–Crippen LogP) is 6.82. The number of phenols is 1. The van der Waals surface area contributed by atoms with E-state index >= 15 is 0 Å². The van der Waals surface area contributed by atoms with Crippen molar-refractivity contribution < 1.29 is 5.11 Å². The molecule has 1 N–H and O–H groups in total. The van der Waals surface area contributed by atoms with Gasteiger partial charge in [-0.2, -0.15) is 0 Å². The van der Waals surface area contributed by atoms with Crippen LogP contribution in [0.4, 0.5) is 0 Å². The number of hydrogen-bond donors (Lipinski definition) is 1. The van der Waals surface area contributed by atoms with Gasteiger partial charge in [-0.25, -0.2) is 0 Å². The normalized spacial score (nSPS) is 17.5. The predicted molar refractivity (Wildman–Crippen MR) is 103 cm³/mol. The highest BCUT2D eigenvalue weighted by Crippen LogP contribution is 2.33. The third-order valence-electron chi connectivity index (χ3n) is 5.19. The first-order valence-corrected chi connectivity index (χ1v) is 9.35. The van der Waals surface area contributed by atoms with Crippen LogP contribution >= 0.6 is 0 Å². The summed E-state index contributed by atoms with van der Waals surface area (Å²) < 4.78 is 0. The molecule has 0 saturated heterocycles. The third kappa shape index (κ3) is 4.29. The van der Waals surface area contributed by atoms with Crippen molar-refractivity contribution in [1.29, 1.82) is 0 Å². The molecule has 2 aromatic carbocycles. The van der Waals surface area contributed by atoms with Crippen molar-refractivity contribution in [3.05, 3.63) is 60.2 Å². The van der Waals surface area contributed by atoms with Gasteiger partial charge >= 0.3 is 0 Å². The fraction of sp³-hybridized carbons (Fsp3) is 0.391. The van der Waals surface area contributed by atoms with Gasteiger partial charge in [0.25, 0.3) is 0 Å². The van der Waals surface area contributed by atoms with Crippen molar-refractivity contribution in [2.24, 2.45) is 5.92 Å². The van der Waals surface area contributed by atoms with E-state index in [-0.39, 0.29) is 0 Å². The lowest BCUT2D eigenvalue weighted by molar-refractivity contribution is 0.428. The van der Waals surface area contributed by atoms with E-state index in [9.17, 15) is 5.11 Å². The Morgan fingerprint density at radius 3 is 2.08 bits per heavy atom. The minimum absolute atomic E-state index is 0.316. The lowest BCUT2D eigenvalue weighted by Crippen LogP contribution is -2.05. The molecule has 0 radical (unpaired) electrons. The summed E-state index contributed by atoms with van der Waals surface area (Å²) in [4.78, 5) is 0. The van der Waals surface area contributed by atoms with Crippen molar-refractivity contribution in [3.8, 4) is 16.9 Å². The second-order valence-electron chi connectivity index (χ2n) is 6.99. The molecule has 1 unspecified atom stereocenters. The molecule has 1 heteroatoms. The van der Waals surface area contributed by atoms with Crippen molar-refractivity contribution in [3.63, 3.8) is 0 Å². The first-order valence-electron chi connectivity index (χ1n) is 9.35. The molecule has 0 fully saturated rings. The molecule has 0 aromatic heterocycles. The van der Waals surface area contributed by atoms with Crippen LogP contribution in [0.2, 0.25) is 0 Å². The van der Waals surface area contributed by atoms with E-state index in [4.69, 9.17) is 0 Å². The van der Waals surface area contributed by atoms with E-state index in [0.29, 0.717) is 5.75 Å². The molecule has 0 bridgehead atoms. The van der Waals surface area contributed by atoms with E-state index in [2.05, 4.69) is 37.3 Å². The minimum Gasteiger partial charge on any atom is -0.508 e. The fourth-order valence-electron chi connectivity index (χ4n) is 3.63. The molecular formula is C23H28O. The lowest BCUT2D eigenvalue weighted by atomic mass is 9.83. The quantitative estimate of drug-likeness (QED) is 0.579. The van der Waals surface area contributed by atoms with Crippen LogP contribution in [0.25, 0.3) is 16.7 Å². The number of benzene rings is 2. The fourth-order valence-corrected chi connectivity index (χ4v) is 3.63. The molecular weight excluding hydrogens is 292 g/mol. The summed E-state index contributed by atoms with van der Waals surface area (Å²) in [6, 6.07) is 16.3. The van der Waals surface area contributed by atoms with Crippen molar-refractivity contribution in [2.75, 3.05) is 0 Å². The van der Waals surface area contributed by atoms with Gasteiger partial charge < -0.3 is 5.11 Å². The molecule has 1 atom stereocenters. The molecule has 1 nitrogen and oxygen atoms in total. The Hall–Kier alpha value is -2.02. The highest BCUT2D eigenvalue weighted by Gasteiger charge is 2.15. The smallest absolute Gasteiger partial charge is 0.115 e. The van der Waals surface area contributed by atoms with Crippen LogP contribution in [-0.4, -0.2) is 5.11 Å². The largest absolute Gasteiger partial charge is 0.508 e. The number of rotatable bonds is 6. The van der Waals surface area contributed by atoms with Gasteiger partial charge in [-0.1, -0.05) is 75.1 Å². The number of hydrogen-bond acceptors (Lipinski definition) is 1. The summed E-state index contributed by atoms with van der Waals surface area (Å²) in [5.74, 6) is 1.22. The Bertz CT molecular complexity index is 664. The van der Waals surface area contributed by atoms with Gasteiger partial charge in [-0.05, 0) is 59.6 Å². The van der Waals surface area contributed by atoms with Crippen LogP contribution in [0.3, 0.4) is 0 Å². The van der Waals surface area contributed by atoms with Crippen molar-refractivity contribution in [1.82, 2.24) is 0 Å². The van der Waals surface area contributed by atoms with Gasteiger partial charge in [0.05, 0.1) is 0 Å². The molecule has 0 spiro atoms. The Morgan fingerprint density at radius 2 is 1.50 bits per heavy atom. The second kappa shape index (κ2) is 8.19. The van der Waals surface area contributed by atoms with E-state index < -0.39 is 0 Å². The lowest BCUT2D eigenvalue weighted by Gasteiger charge is -2.22. The molecule has 0 aliphatic heterocycles. The summed E-state index contributed by atoms with van der Waals surface area (Å²) >= 11 is 0. The zero-order valence-corrected chi connectivity index (χ0v) is 14.7. The van der Waals surface area contributed by atoms with Crippen molar-refractivity contribution >= 4 is 5.57 Å². The Balaban J connectivity index is 1.63. The Labute approximate surface area is 146 Å². The Morgan fingerprint density at radius 1 is 0.875 bits per heavy atom. The van der Waals surface area contributed by atoms with E-state index in [0.717, 1.165) is 11.5 Å². The molecule has 0 heterocycles. The topological polar surface area (TPSA) is 20.2 Å². The summed E-state index contributed by atoms with van der Waals surface area (Å²) in [7, 11) is 0. The third-order valence-corrected chi connectivity index (χ3v) is 5.19. The molecule has 1 aliphatic rings. The van der Waals surface area contributed by atoms with E-state index in [1.165, 1.54) is 61.6 Å². The SMILES string of the molecule is CCCCCC1CC=C(c2ccc(-c3ccc(O)cc3)cc2)CC1. The first kappa shape index (κ1) is 16.8. The summed E-state index contributed by atoms with van der Waals surface area (Å²) in [6.07, 6.45) is 11.8. The maximum absolute atomic E-state index is 9.40. The van der Waals surface area contributed by atoms with E-state index in [1.54, 1.807) is 12.1 Å². The monoisotopic (exact) mass is 320 g/mol. The summed E-state index contributed by atoms with van der Waals surface area (Å²) in [6.45, 7) is 2.28. The average molecular weight is 320 g/mol. The molecule has 1 aliphatic carbocycles. The van der Waals surface area contributed by atoms with Crippen LogP contribution < -0.4 is 0 Å². The maximum Gasteiger partial charge on any atom is 0.115 e. The zero-order chi connectivity index (χ0) is 16.8. The number of phenolic OH excluding ortho intramolecular Hbond substituents is 1. The van der Waals surface area contributed by atoms with Gasteiger partial charge in [0, 0.05) is 0 Å². The van der Waals surface area contributed by atoms with Gasteiger partial charge in [0.2, 0.25) is 0 Å². The number of unbranched alkanes of at least 4 members (excludes halogenated alkanes) is 2. The molecule has 3 rings (SSSR count). The summed E-state index contributed by atoms with van der Waals surface area (Å²) in [5.41, 5.74) is 5.23. The highest BCUT2D eigenvalue weighted by atomic mass is 16.3. The van der Waals surface area contributed by atoms with Crippen LogP contribution in [0, 0.1) is 5.92 Å². The second-order valence-corrected chi connectivity index (χ2v) is 6.99. The highest BCUT2D eigenvalue weighted by molar-refractivity contribution is 5.71. The maximum atomic E-state index is 9.40.